The van der Waals surface area contributed by atoms with Crippen molar-refractivity contribution >= 4 is 0 Å². The molecule has 0 aliphatic rings. The van der Waals surface area contributed by atoms with Crippen LogP contribution in [-0.2, 0) is 4.74 Å². The highest BCUT2D eigenvalue weighted by molar-refractivity contribution is 5.45. The van der Waals surface area contributed by atoms with Crippen LogP contribution < -0.4 is 14.2 Å². The van der Waals surface area contributed by atoms with Crippen molar-refractivity contribution in [3.63, 3.8) is 0 Å². The first kappa shape index (κ1) is 23.7. The number of aromatic hydroxyl groups is 1. The molecule has 0 radical (unpaired) electrons. The molecule has 0 bridgehead atoms. The maximum Gasteiger partial charge on any atom is 0.161 e. The predicted octanol–water partition coefficient (Wildman–Crippen LogP) is 0.923. The largest absolute Gasteiger partial charge is 0.504 e. The molecule has 5 N–H and O–H groups in total. The van der Waals surface area contributed by atoms with Crippen molar-refractivity contribution in [2.45, 2.75) is 24.4 Å². The second-order valence-electron chi connectivity index (χ2n) is 6.53. The molecule has 0 amide bonds. The van der Waals surface area contributed by atoms with E-state index in [0.29, 0.717) is 11.1 Å². The lowest BCUT2D eigenvalue weighted by Crippen LogP contribution is -2.30. The van der Waals surface area contributed by atoms with E-state index in [-0.39, 0.29) is 23.0 Å². The van der Waals surface area contributed by atoms with Gasteiger partial charge in [-0.3, -0.25) is 0 Å². The number of ether oxygens (including phenoxy) is 4. The Kier molecular flexibility index (Phi) is 8.70. The van der Waals surface area contributed by atoms with E-state index in [9.17, 15) is 20.4 Å². The summed E-state index contributed by atoms with van der Waals surface area (Å²) >= 11 is 0. The van der Waals surface area contributed by atoms with Gasteiger partial charge in [-0.2, -0.15) is 0 Å². The van der Waals surface area contributed by atoms with Crippen LogP contribution in [0, 0.1) is 0 Å². The molecule has 0 saturated carbocycles. The van der Waals surface area contributed by atoms with Gasteiger partial charge in [0.1, 0.15) is 18.3 Å². The number of aliphatic hydroxyl groups excluding tert-OH is 4. The summed E-state index contributed by atoms with van der Waals surface area (Å²) in [7, 11) is 4.30. The third kappa shape index (κ3) is 5.32. The molecule has 0 spiro atoms. The maximum absolute atomic E-state index is 10.1. The van der Waals surface area contributed by atoms with Crippen molar-refractivity contribution < 1.29 is 44.5 Å². The van der Waals surface area contributed by atoms with Crippen LogP contribution in [0.25, 0.3) is 0 Å². The van der Waals surface area contributed by atoms with E-state index in [2.05, 4.69) is 0 Å². The molecular weight excluding hydrogens is 396 g/mol. The molecule has 2 rings (SSSR count). The Morgan fingerprint density at radius 1 is 0.800 bits per heavy atom. The molecule has 0 aromatic heterocycles. The predicted molar refractivity (Wildman–Crippen MR) is 107 cm³/mol. The van der Waals surface area contributed by atoms with E-state index in [0.717, 1.165) is 0 Å². The molecule has 0 saturated heterocycles. The lowest BCUT2D eigenvalue weighted by Gasteiger charge is -2.27. The zero-order valence-electron chi connectivity index (χ0n) is 17.1. The lowest BCUT2D eigenvalue weighted by molar-refractivity contribution is -0.0267. The third-order valence-corrected chi connectivity index (χ3v) is 4.66. The van der Waals surface area contributed by atoms with Gasteiger partial charge in [0, 0.05) is 7.11 Å². The van der Waals surface area contributed by atoms with Crippen molar-refractivity contribution in [2.24, 2.45) is 0 Å². The monoisotopic (exact) mass is 424 g/mol. The minimum absolute atomic E-state index is 0.0292. The maximum atomic E-state index is 10.1. The zero-order chi connectivity index (χ0) is 22.3. The van der Waals surface area contributed by atoms with Crippen LogP contribution in [0.5, 0.6) is 23.0 Å². The van der Waals surface area contributed by atoms with Gasteiger partial charge >= 0.3 is 0 Å². The van der Waals surface area contributed by atoms with Gasteiger partial charge in [-0.1, -0.05) is 12.1 Å². The summed E-state index contributed by atoms with van der Waals surface area (Å²) in [6, 6.07) is 9.18. The lowest BCUT2D eigenvalue weighted by atomic mass is 10.0. The molecule has 0 heterocycles. The molecule has 30 heavy (non-hydrogen) atoms. The Balaban J connectivity index is 2.31. The van der Waals surface area contributed by atoms with Crippen LogP contribution in [0.2, 0.25) is 0 Å². The van der Waals surface area contributed by atoms with Crippen molar-refractivity contribution in [3.05, 3.63) is 47.5 Å². The highest BCUT2D eigenvalue weighted by Gasteiger charge is 2.27. The molecular formula is C21H28O9. The van der Waals surface area contributed by atoms with Crippen LogP contribution in [0.4, 0.5) is 0 Å². The third-order valence-electron chi connectivity index (χ3n) is 4.66. The second kappa shape index (κ2) is 11.0. The molecule has 0 fully saturated rings. The highest BCUT2D eigenvalue weighted by atomic mass is 16.6. The molecule has 4 atom stereocenters. The Morgan fingerprint density at radius 3 is 2.00 bits per heavy atom. The summed E-state index contributed by atoms with van der Waals surface area (Å²) in [6.07, 6.45) is -4.18. The molecule has 9 nitrogen and oxygen atoms in total. The van der Waals surface area contributed by atoms with Crippen LogP contribution in [0.3, 0.4) is 0 Å². The Morgan fingerprint density at radius 2 is 1.43 bits per heavy atom. The first-order valence-electron chi connectivity index (χ1n) is 9.22. The smallest absolute Gasteiger partial charge is 0.161 e. The number of rotatable bonds is 11. The number of hydrogen-bond donors (Lipinski definition) is 5. The molecule has 0 aliphatic carbocycles. The fraction of sp³-hybridized carbons (Fsp3) is 0.429. The zero-order valence-corrected chi connectivity index (χ0v) is 17.1. The van der Waals surface area contributed by atoms with Crippen LogP contribution in [0.1, 0.15) is 23.3 Å². The first-order valence-corrected chi connectivity index (χ1v) is 9.22. The normalized spacial score (nSPS) is 15.2. The topological polar surface area (TPSA) is 138 Å². The van der Waals surface area contributed by atoms with Crippen molar-refractivity contribution in [3.8, 4) is 23.0 Å². The van der Waals surface area contributed by atoms with Crippen LogP contribution >= 0.6 is 0 Å². The van der Waals surface area contributed by atoms with Crippen LogP contribution in [0.15, 0.2) is 36.4 Å². The fourth-order valence-electron chi connectivity index (χ4n) is 3.02. The number of phenols is 1. The molecule has 9 heteroatoms. The fourth-order valence-corrected chi connectivity index (χ4v) is 3.02. The summed E-state index contributed by atoms with van der Waals surface area (Å²) in [6.45, 7) is -0.988. The van der Waals surface area contributed by atoms with Gasteiger partial charge in [0.15, 0.2) is 29.1 Å². The van der Waals surface area contributed by atoms with E-state index in [1.165, 1.54) is 45.6 Å². The van der Waals surface area contributed by atoms with Gasteiger partial charge < -0.3 is 44.5 Å². The van der Waals surface area contributed by atoms with Gasteiger partial charge in [0.2, 0.25) is 0 Å². The van der Waals surface area contributed by atoms with E-state index in [1.54, 1.807) is 12.1 Å². The summed E-state index contributed by atoms with van der Waals surface area (Å²) in [5, 5.41) is 48.4. The highest BCUT2D eigenvalue weighted by Crippen LogP contribution is 2.36. The van der Waals surface area contributed by atoms with Crippen LogP contribution in [-0.4, -0.2) is 72.3 Å². The van der Waals surface area contributed by atoms with E-state index >= 15 is 0 Å². The Bertz CT molecular complexity index is 811. The Labute approximate surface area is 174 Å². The van der Waals surface area contributed by atoms with Gasteiger partial charge in [-0.05, 0) is 35.4 Å². The van der Waals surface area contributed by atoms with E-state index in [1.807, 2.05) is 0 Å². The summed E-state index contributed by atoms with van der Waals surface area (Å²) < 4.78 is 21.9. The average molecular weight is 424 g/mol. The van der Waals surface area contributed by atoms with Crippen molar-refractivity contribution in [2.75, 3.05) is 34.5 Å². The van der Waals surface area contributed by atoms with Gasteiger partial charge in [-0.25, -0.2) is 0 Å². The van der Waals surface area contributed by atoms with Gasteiger partial charge in [-0.15, -0.1) is 0 Å². The number of aliphatic hydroxyl groups is 4. The molecule has 166 valence electrons. The van der Waals surface area contributed by atoms with Gasteiger partial charge in [0.05, 0.1) is 27.4 Å². The molecule has 0 unspecified atom stereocenters. The van der Waals surface area contributed by atoms with Crippen molar-refractivity contribution in [1.29, 1.82) is 0 Å². The summed E-state index contributed by atoms with van der Waals surface area (Å²) in [5.41, 5.74) is 0.941. The van der Waals surface area contributed by atoms with E-state index < -0.39 is 37.6 Å². The number of hydrogen-bond acceptors (Lipinski definition) is 9. The number of phenolic OH excluding ortho intramolecular Hbond substituents is 1. The van der Waals surface area contributed by atoms with Gasteiger partial charge in [0.25, 0.3) is 0 Å². The number of benzene rings is 2. The molecule has 2 aromatic carbocycles. The Hall–Kier alpha value is -2.56. The minimum atomic E-state index is -1.34. The average Bonchev–Trinajstić information content (AvgIpc) is 2.78. The molecule has 0 aliphatic heterocycles. The molecule has 2 aromatic rings. The number of methoxy groups -OCH3 is 3. The SMILES string of the molecule is COc1cc([C@H](OC)[C@@H](CO)Oc2ccc([C@@H](O)[C@H](O)CO)cc2OC)ccc1O. The summed E-state index contributed by atoms with van der Waals surface area (Å²) in [5.74, 6) is 0.759. The van der Waals surface area contributed by atoms with E-state index in [4.69, 9.17) is 24.1 Å². The quantitative estimate of drug-likeness (QED) is 0.356. The minimum Gasteiger partial charge on any atom is -0.504 e. The second-order valence-corrected chi connectivity index (χ2v) is 6.53. The standard InChI is InChI=1S/C21H28O9/c1-27-17-9-13(4-6-14(17)24)21(29-3)19(11-23)30-16-7-5-12(8-18(16)28-2)20(26)15(25)10-22/h4-9,15,19-26H,10-11H2,1-3H3/t15-,19-,20-,21+/m1/s1. The van der Waals surface area contributed by atoms with Crippen molar-refractivity contribution in [1.82, 2.24) is 0 Å². The first-order chi connectivity index (χ1) is 14.4. The summed E-state index contributed by atoms with van der Waals surface area (Å²) in [4.78, 5) is 0.